The lowest BCUT2D eigenvalue weighted by Gasteiger charge is -2.09. The number of benzene rings is 2. The predicted octanol–water partition coefficient (Wildman–Crippen LogP) is 3.94. The van der Waals surface area contributed by atoms with E-state index in [1.807, 2.05) is 55.5 Å². The van der Waals surface area contributed by atoms with Gasteiger partial charge >= 0.3 is 0 Å². The van der Waals surface area contributed by atoms with Gasteiger partial charge in [0.2, 0.25) is 5.91 Å². The number of anilines is 1. The molecule has 2 aromatic rings. The molecule has 0 aliphatic heterocycles. The summed E-state index contributed by atoms with van der Waals surface area (Å²) in [4.78, 5) is 11.9. The van der Waals surface area contributed by atoms with Crippen LogP contribution in [-0.2, 0) is 11.2 Å². The van der Waals surface area contributed by atoms with E-state index >= 15 is 0 Å². The number of hydrogen-bond donors (Lipinski definition) is 1. The van der Waals surface area contributed by atoms with E-state index in [-0.39, 0.29) is 5.91 Å². The Bertz CT molecular complexity index is 552. The van der Waals surface area contributed by atoms with Crippen LogP contribution in [0.3, 0.4) is 0 Å². The first-order valence-electron chi connectivity index (χ1n) is 5.75. The molecule has 0 aliphatic rings. The molecule has 0 bridgehead atoms. The topological polar surface area (TPSA) is 29.1 Å². The summed E-state index contributed by atoms with van der Waals surface area (Å²) in [6.45, 7) is 2.00. The minimum atomic E-state index is -0.00694. The Morgan fingerprint density at radius 2 is 1.83 bits per heavy atom. The van der Waals surface area contributed by atoms with Crippen molar-refractivity contribution in [2.45, 2.75) is 13.3 Å². The van der Waals surface area contributed by atoms with Gasteiger partial charge in [0.05, 0.1) is 12.1 Å². The van der Waals surface area contributed by atoms with Gasteiger partial charge in [-0.05, 0) is 40.0 Å². The molecule has 0 saturated heterocycles. The highest BCUT2D eigenvalue weighted by molar-refractivity contribution is 9.10. The molecule has 3 heteroatoms. The molecular weight excluding hydrogens is 290 g/mol. The third-order valence-electron chi connectivity index (χ3n) is 2.67. The molecule has 0 heterocycles. The fourth-order valence-electron chi connectivity index (χ4n) is 1.72. The molecule has 2 aromatic carbocycles. The fraction of sp³-hybridized carbons (Fsp3) is 0.133. The van der Waals surface area contributed by atoms with Crippen LogP contribution in [0.25, 0.3) is 0 Å². The first-order valence-corrected chi connectivity index (χ1v) is 6.55. The van der Waals surface area contributed by atoms with Gasteiger partial charge in [-0.15, -0.1) is 0 Å². The third-order valence-corrected chi connectivity index (χ3v) is 3.73. The third kappa shape index (κ3) is 3.20. The Kier molecular flexibility index (Phi) is 4.15. The molecule has 0 spiro atoms. The van der Waals surface area contributed by atoms with Gasteiger partial charge in [0.1, 0.15) is 0 Å². The number of rotatable bonds is 3. The average Bonchev–Trinajstić information content (AvgIpc) is 2.36. The Balaban J connectivity index is 2.06. The van der Waals surface area contributed by atoms with Crippen molar-refractivity contribution in [3.63, 3.8) is 0 Å². The lowest BCUT2D eigenvalue weighted by atomic mass is 10.1. The van der Waals surface area contributed by atoms with Crippen LogP contribution in [0.15, 0.2) is 53.0 Å². The molecule has 0 fully saturated rings. The van der Waals surface area contributed by atoms with Gasteiger partial charge in [-0.25, -0.2) is 0 Å². The molecule has 0 aromatic heterocycles. The van der Waals surface area contributed by atoms with Crippen molar-refractivity contribution in [1.82, 2.24) is 0 Å². The Morgan fingerprint density at radius 3 is 2.56 bits per heavy atom. The average molecular weight is 304 g/mol. The molecule has 18 heavy (non-hydrogen) atoms. The van der Waals surface area contributed by atoms with E-state index in [9.17, 15) is 4.79 Å². The summed E-state index contributed by atoms with van der Waals surface area (Å²) in [5.74, 6) is -0.00694. The maximum atomic E-state index is 11.9. The fourth-order valence-corrected chi connectivity index (χ4v) is 2.08. The monoisotopic (exact) mass is 303 g/mol. The van der Waals surface area contributed by atoms with E-state index in [1.54, 1.807) is 0 Å². The van der Waals surface area contributed by atoms with Crippen molar-refractivity contribution in [3.8, 4) is 0 Å². The maximum absolute atomic E-state index is 11.9. The highest BCUT2D eigenvalue weighted by atomic mass is 79.9. The van der Waals surface area contributed by atoms with E-state index in [2.05, 4.69) is 21.2 Å². The second-order valence-corrected chi connectivity index (χ2v) is 4.94. The first-order chi connectivity index (χ1) is 8.66. The lowest BCUT2D eigenvalue weighted by molar-refractivity contribution is -0.115. The van der Waals surface area contributed by atoms with E-state index in [0.29, 0.717) is 6.42 Å². The Morgan fingerprint density at radius 1 is 1.11 bits per heavy atom. The molecule has 0 atom stereocenters. The second-order valence-electron chi connectivity index (χ2n) is 4.15. The highest BCUT2D eigenvalue weighted by Gasteiger charge is 2.07. The summed E-state index contributed by atoms with van der Waals surface area (Å²) in [7, 11) is 0. The smallest absolute Gasteiger partial charge is 0.228 e. The summed E-state index contributed by atoms with van der Waals surface area (Å²) in [5.41, 5.74) is 2.93. The van der Waals surface area contributed by atoms with Crippen molar-refractivity contribution >= 4 is 27.5 Å². The molecular formula is C15H14BrNO. The number of halogens is 1. The van der Waals surface area contributed by atoms with E-state index in [4.69, 9.17) is 0 Å². The number of carbonyl (C=O) groups excluding carboxylic acids is 1. The molecule has 1 amide bonds. The molecule has 0 radical (unpaired) electrons. The van der Waals surface area contributed by atoms with Gasteiger partial charge in [0.25, 0.3) is 0 Å². The second kappa shape index (κ2) is 5.83. The highest BCUT2D eigenvalue weighted by Crippen LogP contribution is 2.25. The standard InChI is InChI=1S/C15H14BrNO/c1-11-6-5-9-13(15(11)16)17-14(18)10-12-7-3-2-4-8-12/h2-9H,10H2,1H3,(H,17,18). The number of carbonyl (C=O) groups is 1. The largest absolute Gasteiger partial charge is 0.325 e. The summed E-state index contributed by atoms with van der Waals surface area (Å²) in [5, 5.41) is 2.91. The minimum absolute atomic E-state index is 0.00694. The van der Waals surface area contributed by atoms with Crippen LogP contribution in [0.1, 0.15) is 11.1 Å². The van der Waals surface area contributed by atoms with Crippen LogP contribution in [0.2, 0.25) is 0 Å². The molecule has 2 nitrogen and oxygen atoms in total. The van der Waals surface area contributed by atoms with Gasteiger partial charge < -0.3 is 5.32 Å². The summed E-state index contributed by atoms with van der Waals surface area (Å²) in [6.07, 6.45) is 0.390. The van der Waals surface area contributed by atoms with Gasteiger partial charge in [0.15, 0.2) is 0 Å². The molecule has 0 saturated carbocycles. The van der Waals surface area contributed by atoms with Crippen molar-refractivity contribution in [2.24, 2.45) is 0 Å². The van der Waals surface area contributed by atoms with E-state index in [0.717, 1.165) is 21.3 Å². The van der Waals surface area contributed by atoms with Gasteiger partial charge in [0, 0.05) is 4.47 Å². The maximum Gasteiger partial charge on any atom is 0.228 e. The molecule has 92 valence electrons. The summed E-state index contributed by atoms with van der Waals surface area (Å²) < 4.78 is 0.936. The normalized spacial score (nSPS) is 10.1. The number of aryl methyl sites for hydroxylation is 1. The SMILES string of the molecule is Cc1cccc(NC(=O)Cc2ccccc2)c1Br. The predicted molar refractivity (Wildman–Crippen MR) is 77.7 cm³/mol. The van der Waals surface area contributed by atoms with Crippen LogP contribution < -0.4 is 5.32 Å². The van der Waals surface area contributed by atoms with Crippen molar-refractivity contribution in [2.75, 3.05) is 5.32 Å². The van der Waals surface area contributed by atoms with Crippen LogP contribution in [0, 0.1) is 6.92 Å². The van der Waals surface area contributed by atoms with Crippen molar-refractivity contribution in [1.29, 1.82) is 0 Å². The molecule has 2 rings (SSSR count). The minimum Gasteiger partial charge on any atom is -0.325 e. The van der Waals surface area contributed by atoms with Crippen molar-refractivity contribution < 1.29 is 4.79 Å². The number of amides is 1. The molecule has 0 aliphatic carbocycles. The van der Waals surface area contributed by atoms with Crippen LogP contribution in [-0.4, -0.2) is 5.91 Å². The van der Waals surface area contributed by atoms with Crippen LogP contribution in [0.4, 0.5) is 5.69 Å². The molecule has 0 unspecified atom stereocenters. The zero-order valence-electron chi connectivity index (χ0n) is 10.1. The van der Waals surface area contributed by atoms with Crippen LogP contribution in [0.5, 0.6) is 0 Å². The van der Waals surface area contributed by atoms with Gasteiger partial charge in [-0.1, -0.05) is 42.5 Å². The quantitative estimate of drug-likeness (QED) is 0.914. The zero-order chi connectivity index (χ0) is 13.0. The first kappa shape index (κ1) is 12.8. The van der Waals surface area contributed by atoms with E-state index in [1.165, 1.54) is 0 Å². The summed E-state index contributed by atoms with van der Waals surface area (Å²) in [6, 6.07) is 15.5. The zero-order valence-corrected chi connectivity index (χ0v) is 11.7. The Hall–Kier alpha value is -1.61. The number of hydrogen-bond acceptors (Lipinski definition) is 1. The van der Waals surface area contributed by atoms with Crippen molar-refractivity contribution in [3.05, 3.63) is 64.1 Å². The Labute approximate surface area is 115 Å². The molecule has 1 N–H and O–H groups in total. The lowest BCUT2D eigenvalue weighted by Crippen LogP contribution is -2.14. The van der Waals surface area contributed by atoms with E-state index < -0.39 is 0 Å². The summed E-state index contributed by atoms with van der Waals surface area (Å²) >= 11 is 3.48. The number of nitrogens with one attached hydrogen (secondary N) is 1. The van der Waals surface area contributed by atoms with Gasteiger partial charge in [-0.2, -0.15) is 0 Å². The van der Waals surface area contributed by atoms with Gasteiger partial charge in [-0.3, -0.25) is 4.79 Å². The van der Waals surface area contributed by atoms with Crippen LogP contribution >= 0.6 is 15.9 Å².